The maximum absolute atomic E-state index is 11.2. The fraction of sp³-hybridized carbons (Fsp3) is 0.500. The second-order valence-corrected chi connectivity index (χ2v) is 4.84. The minimum atomic E-state index is -0.541. The van der Waals surface area contributed by atoms with Gasteiger partial charge in [-0.05, 0) is 50.8 Å². The number of hydrogen-bond donors (Lipinski definition) is 1. The van der Waals surface area contributed by atoms with Crippen LogP contribution in [-0.4, -0.2) is 37.3 Å². The Hall–Kier alpha value is -2.06. The molecule has 1 fully saturated rings. The average molecular weight is 288 g/mol. The summed E-state index contributed by atoms with van der Waals surface area (Å²) in [6, 6.07) is 5.36. The molecule has 5 nitrogen and oxygen atoms in total. The van der Waals surface area contributed by atoms with E-state index in [4.69, 9.17) is 9.47 Å². The van der Waals surface area contributed by atoms with Crippen LogP contribution < -0.4 is 10.1 Å². The first-order valence-electron chi connectivity index (χ1n) is 7.27. The first kappa shape index (κ1) is 15.3. The largest absolute Gasteiger partial charge is 0.477 e. The third-order valence-corrected chi connectivity index (χ3v) is 3.22. The Labute approximate surface area is 125 Å². The van der Waals surface area contributed by atoms with Crippen molar-refractivity contribution in [3.63, 3.8) is 0 Å². The van der Waals surface area contributed by atoms with Crippen molar-refractivity contribution in [2.75, 3.05) is 26.3 Å². The lowest BCUT2D eigenvalue weighted by atomic mass is 9.99. The first-order chi connectivity index (χ1) is 10.3. The van der Waals surface area contributed by atoms with Crippen LogP contribution in [0.5, 0.6) is 5.88 Å². The third kappa shape index (κ3) is 5.44. The summed E-state index contributed by atoms with van der Waals surface area (Å²) < 4.78 is 10.5. The number of nitrogens with zero attached hydrogens (tertiary/aromatic N) is 1. The van der Waals surface area contributed by atoms with Crippen molar-refractivity contribution >= 4 is 5.97 Å². The van der Waals surface area contributed by atoms with Gasteiger partial charge in [0.15, 0.2) is 0 Å². The number of carbonyl (C=O) groups excluding carboxylic acids is 1. The molecule has 0 aliphatic carbocycles. The van der Waals surface area contributed by atoms with Crippen LogP contribution in [0.4, 0.5) is 0 Å². The van der Waals surface area contributed by atoms with Gasteiger partial charge in [0, 0.05) is 12.0 Å². The molecular formula is C16H20N2O3. The molecule has 1 aliphatic rings. The van der Waals surface area contributed by atoms with Crippen LogP contribution >= 0.6 is 0 Å². The molecular weight excluding hydrogens is 268 g/mol. The number of ether oxygens (including phenoxy) is 2. The van der Waals surface area contributed by atoms with Crippen molar-refractivity contribution in [1.29, 1.82) is 0 Å². The zero-order valence-electron chi connectivity index (χ0n) is 12.2. The lowest BCUT2D eigenvalue weighted by Gasteiger charge is -2.22. The van der Waals surface area contributed by atoms with E-state index in [1.165, 1.54) is 0 Å². The second-order valence-electron chi connectivity index (χ2n) is 4.84. The number of esters is 1. The van der Waals surface area contributed by atoms with Crippen LogP contribution in [0.15, 0.2) is 18.2 Å². The summed E-state index contributed by atoms with van der Waals surface area (Å²) in [7, 11) is 0. The summed E-state index contributed by atoms with van der Waals surface area (Å²) in [5.41, 5.74) is 0.505. The van der Waals surface area contributed by atoms with Crippen molar-refractivity contribution in [3.8, 4) is 17.7 Å². The van der Waals surface area contributed by atoms with Gasteiger partial charge < -0.3 is 14.8 Å². The molecule has 1 aromatic rings. The van der Waals surface area contributed by atoms with E-state index in [0.717, 1.165) is 25.9 Å². The minimum Gasteiger partial charge on any atom is -0.477 e. The van der Waals surface area contributed by atoms with Gasteiger partial charge >= 0.3 is 5.97 Å². The van der Waals surface area contributed by atoms with Crippen molar-refractivity contribution in [2.24, 2.45) is 5.92 Å². The van der Waals surface area contributed by atoms with Gasteiger partial charge in [0.25, 0.3) is 0 Å². The maximum Gasteiger partial charge on any atom is 0.384 e. The lowest BCUT2D eigenvalue weighted by molar-refractivity contribution is -0.136. The van der Waals surface area contributed by atoms with E-state index < -0.39 is 5.97 Å². The fourth-order valence-electron chi connectivity index (χ4n) is 2.10. The highest BCUT2D eigenvalue weighted by Gasteiger charge is 2.13. The molecule has 2 rings (SSSR count). The molecule has 0 radical (unpaired) electrons. The molecule has 5 heteroatoms. The van der Waals surface area contributed by atoms with Gasteiger partial charge in [-0.1, -0.05) is 6.07 Å². The van der Waals surface area contributed by atoms with Crippen molar-refractivity contribution < 1.29 is 14.3 Å². The number of hydrogen-bond acceptors (Lipinski definition) is 5. The van der Waals surface area contributed by atoms with Crippen LogP contribution in [0, 0.1) is 17.8 Å². The van der Waals surface area contributed by atoms with Gasteiger partial charge in [0.2, 0.25) is 5.88 Å². The quantitative estimate of drug-likeness (QED) is 0.670. The van der Waals surface area contributed by atoms with Gasteiger partial charge in [-0.15, -0.1) is 0 Å². The monoisotopic (exact) mass is 288 g/mol. The summed E-state index contributed by atoms with van der Waals surface area (Å²) in [4.78, 5) is 15.4. The number of pyridine rings is 1. The molecule has 0 aromatic carbocycles. The van der Waals surface area contributed by atoms with Gasteiger partial charge in [-0.25, -0.2) is 9.78 Å². The Bertz CT molecular complexity index is 528. The first-order valence-corrected chi connectivity index (χ1v) is 7.27. The Morgan fingerprint density at radius 2 is 2.24 bits per heavy atom. The van der Waals surface area contributed by atoms with Gasteiger partial charge in [0.1, 0.15) is 5.69 Å². The molecule has 0 spiro atoms. The standard InChI is InChI=1S/C16H20N2O3/c1-2-20-16(19)7-6-14-4-3-5-15(18-14)21-12-13-8-10-17-11-9-13/h3-5,13,17H,2,8-12H2,1H3. The van der Waals surface area contributed by atoms with E-state index in [9.17, 15) is 4.79 Å². The predicted octanol–water partition coefficient (Wildman–Crippen LogP) is 1.37. The lowest BCUT2D eigenvalue weighted by Crippen LogP contribution is -2.30. The SMILES string of the molecule is CCOC(=O)C#Cc1cccc(OCC2CCNCC2)n1. The molecule has 1 aliphatic heterocycles. The molecule has 0 saturated carbocycles. The number of piperidine rings is 1. The fourth-order valence-corrected chi connectivity index (χ4v) is 2.10. The molecule has 1 N–H and O–H groups in total. The normalized spacial score (nSPS) is 14.9. The Kier molecular flexibility index (Phi) is 6.04. The number of carbonyl (C=O) groups is 1. The Morgan fingerprint density at radius 3 is 3.00 bits per heavy atom. The van der Waals surface area contributed by atoms with E-state index in [0.29, 0.717) is 30.7 Å². The van der Waals surface area contributed by atoms with E-state index in [1.54, 1.807) is 19.1 Å². The molecule has 0 amide bonds. The van der Waals surface area contributed by atoms with Crippen LogP contribution in [0.1, 0.15) is 25.5 Å². The van der Waals surface area contributed by atoms with Crippen LogP contribution in [-0.2, 0) is 9.53 Å². The molecule has 1 aromatic heterocycles. The maximum atomic E-state index is 11.2. The van der Waals surface area contributed by atoms with Crippen molar-refractivity contribution in [2.45, 2.75) is 19.8 Å². The van der Waals surface area contributed by atoms with Gasteiger partial charge in [-0.3, -0.25) is 0 Å². The molecule has 112 valence electrons. The molecule has 2 heterocycles. The highest BCUT2D eigenvalue weighted by Crippen LogP contribution is 2.14. The molecule has 0 unspecified atom stereocenters. The van der Waals surface area contributed by atoms with Crippen LogP contribution in [0.2, 0.25) is 0 Å². The highest BCUT2D eigenvalue weighted by atomic mass is 16.5. The zero-order valence-corrected chi connectivity index (χ0v) is 12.2. The number of rotatable bonds is 4. The molecule has 1 saturated heterocycles. The Balaban J connectivity index is 1.89. The zero-order chi connectivity index (χ0) is 14.9. The second kappa shape index (κ2) is 8.28. The van der Waals surface area contributed by atoms with E-state index in [2.05, 4.69) is 22.1 Å². The summed E-state index contributed by atoms with van der Waals surface area (Å²) in [5.74, 6) is 5.65. The molecule has 21 heavy (non-hydrogen) atoms. The topological polar surface area (TPSA) is 60.5 Å². The highest BCUT2D eigenvalue weighted by molar-refractivity contribution is 5.88. The van der Waals surface area contributed by atoms with Crippen molar-refractivity contribution in [3.05, 3.63) is 23.9 Å². The summed E-state index contributed by atoms with van der Waals surface area (Å²) in [6.07, 6.45) is 2.25. The summed E-state index contributed by atoms with van der Waals surface area (Å²) in [6.45, 7) is 4.83. The summed E-state index contributed by atoms with van der Waals surface area (Å²) >= 11 is 0. The van der Waals surface area contributed by atoms with Crippen LogP contribution in [0.25, 0.3) is 0 Å². The third-order valence-electron chi connectivity index (χ3n) is 3.22. The smallest absolute Gasteiger partial charge is 0.384 e. The molecule has 0 bridgehead atoms. The van der Waals surface area contributed by atoms with Crippen molar-refractivity contribution in [1.82, 2.24) is 10.3 Å². The predicted molar refractivity (Wildman–Crippen MR) is 78.8 cm³/mol. The van der Waals surface area contributed by atoms with E-state index in [-0.39, 0.29) is 0 Å². The van der Waals surface area contributed by atoms with E-state index >= 15 is 0 Å². The Morgan fingerprint density at radius 1 is 1.43 bits per heavy atom. The van der Waals surface area contributed by atoms with Gasteiger partial charge in [-0.2, -0.15) is 0 Å². The summed E-state index contributed by atoms with van der Waals surface area (Å²) in [5, 5.41) is 3.33. The van der Waals surface area contributed by atoms with Gasteiger partial charge in [0.05, 0.1) is 13.2 Å². The number of nitrogens with one attached hydrogen (secondary N) is 1. The van der Waals surface area contributed by atoms with Crippen LogP contribution in [0.3, 0.4) is 0 Å². The average Bonchev–Trinajstić information content (AvgIpc) is 2.53. The molecule has 0 atom stereocenters. The number of aromatic nitrogens is 1. The van der Waals surface area contributed by atoms with E-state index in [1.807, 2.05) is 6.07 Å². The minimum absolute atomic E-state index is 0.320.